The maximum absolute atomic E-state index is 12.5. The molecule has 8 nitrogen and oxygen atoms in total. The van der Waals surface area contributed by atoms with Gasteiger partial charge in [-0.05, 0) is 24.6 Å². The van der Waals surface area contributed by atoms with Gasteiger partial charge in [-0.2, -0.15) is 0 Å². The third-order valence-corrected chi connectivity index (χ3v) is 5.21. The highest BCUT2D eigenvalue weighted by atomic mass is 16.5. The number of nitrogens with one attached hydrogen (secondary N) is 3. The van der Waals surface area contributed by atoms with Crippen molar-refractivity contribution in [2.24, 2.45) is 0 Å². The Labute approximate surface area is 187 Å². The molecule has 8 heteroatoms. The summed E-state index contributed by atoms with van der Waals surface area (Å²) in [5.41, 5.74) is 2.96. The van der Waals surface area contributed by atoms with Crippen molar-refractivity contribution >= 4 is 22.9 Å². The number of benzene rings is 2. The minimum Gasteiger partial charge on any atom is -0.493 e. The Morgan fingerprint density at radius 3 is 2.56 bits per heavy atom. The van der Waals surface area contributed by atoms with E-state index in [9.17, 15) is 9.59 Å². The summed E-state index contributed by atoms with van der Waals surface area (Å²) >= 11 is 0. The number of aromatic amines is 1. The number of carbonyl (C=O) groups is 2. The number of rotatable bonds is 10. The Hall–Kier alpha value is -3.68. The molecule has 3 rings (SSSR count). The zero-order valence-corrected chi connectivity index (χ0v) is 18.6. The number of methoxy groups -OCH3 is 2. The Balaban J connectivity index is 1.83. The third-order valence-electron chi connectivity index (χ3n) is 5.21. The fourth-order valence-electron chi connectivity index (χ4n) is 3.72. The van der Waals surface area contributed by atoms with Crippen molar-refractivity contribution in [1.29, 1.82) is 0 Å². The molecule has 0 aliphatic carbocycles. The molecule has 0 saturated carbocycles. The van der Waals surface area contributed by atoms with Crippen molar-refractivity contribution in [1.82, 2.24) is 15.6 Å². The van der Waals surface area contributed by atoms with Gasteiger partial charge in [0.05, 0.1) is 20.8 Å². The zero-order valence-electron chi connectivity index (χ0n) is 18.6. The van der Waals surface area contributed by atoms with Crippen LogP contribution in [-0.2, 0) is 9.53 Å². The summed E-state index contributed by atoms with van der Waals surface area (Å²) in [5.74, 6) is 0.898. The molecule has 0 bridgehead atoms. The van der Waals surface area contributed by atoms with E-state index in [1.807, 2.05) is 48.7 Å². The molecule has 0 fully saturated rings. The van der Waals surface area contributed by atoms with E-state index in [0.29, 0.717) is 18.0 Å². The Kier molecular flexibility index (Phi) is 7.96. The van der Waals surface area contributed by atoms with Gasteiger partial charge in [0.2, 0.25) is 5.91 Å². The van der Waals surface area contributed by atoms with E-state index < -0.39 is 6.09 Å². The van der Waals surface area contributed by atoms with E-state index in [-0.39, 0.29) is 31.4 Å². The van der Waals surface area contributed by atoms with Gasteiger partial charge in [0.25, 0.3) is 0 Å². The average molecular weight is 440 g/mol. The van der Waals surface area contributed by atoms with Gasteiger partial charge in [-0.15, -0.1) is 0 Å². The van der Waals surface area contributed by atoms with Crippen LogP contribution < -0.4 is 20.1 Å². The SMILES string of the molecule is CCOC(=O)NCCC(=O)NCC(c1cccc(OC)c1OC)c1c[nH]c2ccccc12. The van der Waals surface area contributed by atoms with Crippen LogP contribution >= 0.6 is 0 Å². The molecule has 2 aromatic carbocycles. The van der Waals surface area contributed by atoms with Crippen LogP contribution in [0.15, 0.2) is 48.7 Å². The van der Waals surface area contributed by atoms with Crippen LogP contribution in [0.3, 0.4) is 0 Å². The lowest BCUT2D eigenvalue weighted by atomic mass is 9.89. The highest BCUT2D eigenvalue weighted by molar-refractivity contribution is 5.84. The third kappa shape index (κ3) is 5.32. The van der Waals surface area contributed by atoms with Gasteiger partial charge in [0.15, 0.2) is 11.5 Å². The number of alkyl carbamates (subject to hydrolysis) is 1. The largest absolute Gasteiger partial charge is 0.493 e. The Morgan fingerprint density at radius 1 is 1.00 bits per heavy atom. The average Bonchev–Trinajstić information content (AvgIpc) is 3.23. The smallest absolute Gasteiger partial charge is 0.407 e. The predicted molar refractivity (Wildman–Crippen MR) is 122 cm³/mol. The van der Waals surface area contributed by atoms with Crippen LogP contribution in [0.1, 0.15) is 30.4 Å². The maximum atomic E-state index is 12.5. The molecule has 1 unspecified atom stereocenters. The van der Waals surface area contributed by atoms with Crippen LogP contribution in [0.4, 0.5) is 4.79 Å². The zero-order chi connectivity index (χ0) is 22.9. The van der Waals surface area contributed by atoms with Gasteiger partial charge in [-0.1, -0.05) is 30.3 Å². The first kappa shape index (κ1) is 23.0. The summed E-state index contributed by atoms with van der Waals surface area (Å²) in [5, 5.41) is 6.61. The number of carbonyl (C=O) groups excluding carboxylic acids is 2. The van der Waals surface area contributed by atoms with E-state index in [0.717, 1.165) is 22.0 Å². The predicted octanol–water partition coefficient (Wildman–Crippen LogP) is 3.57. The molecule has 32 heavy (non-hydrogen) atoms. The Morgan fingerprint density at radius 2 is 1.81 bits per heavy atom. The molecular weight excluding hydrogens is 410 g/mol. The molecule has 170 valence electrons. The first-order valence-corrected chi connectivity index (χ1v) is 10.5. The molecule has 0 aliphatic heterocycles. The highest BCUT2D eigenvalue weighted by Crippen LogP contribution is 2.40. The number of para-hydroxylation sites is 2. The molecule has 3 aromatic rings. The molecular formula is C24H29N3O5. The first-order chi connectivity index (χ1) is 15.6. The molecule has 2 amide bonds. The maximum Gasteiger partial charge on any atom is 0.407 e. The van der Waals surface area contributed by atoms with Crippen molar-refractivity contribution in [3.8, 4) is 11.5 Å². The van der Waals surface area contributed by atoms with Crippen molar-refractivity contribution in [2.45, 2.75) is 19.3 Å². The van der Waals surface area contributed by atoms with E-state index in [4.69, 9.17) is 14.2 Å². The van der Waals surface area contributed by atoms with E-state index in [2.05, 4.69) is 15.6 Å². The van der Waals surface area contributed by atoms with Gasteiger partial charge in [-0.3, -0.25) is 4.79 Å². The van der Waals surface area contributed by atoms with E-state index in [1.54, 1.807) is 21.1 Å². The van der Waals surface area contributed by atoms with Crippen LogP contribution in [0.25, 0.3) is 10.9 Å². The molecule has 1 atom stereocenters. The summed E-state index contributed by atoms with van der Waals surface area (Å²) in [6.07, 6.45) is 1.58. The van der Waals surface area contributed by atoms with Crippen molar-refractivity contribution in [2.75, 3.05) is 33.9 Å². The molecule has 1 aromatic heterocycles. The summed E-state index contributed by atoms with van der Waals surface area (Å²) in [6, 6.07) is 13.7. The standard InChI is InChI=1S/C24H29N3O5/c1-4-32-24(29)25-13-12-22(28)27-15-19(17-9-7-11-21(30-2)23(17)31-3)18-14-26-20-10-6-5-8-16(18)20/h5-11,14,19,26H,4,12-13,15H2,1-3H3,(H,25,29)(H,27,28). The number of H-pyrrole nitrogens is 1. The lowest BCUT2D eigenvalue weighted by Crippen LogP contribution is -2.33. The van der Waals surface area contributed by atoms with Gasteiger partial charge >= 0.3 is 6.09 Å². The fraction of sp³-hybridized carbons (Fsp3) is 0.333. The van der Waals surface area contributed by atoms with Crippen LogP contribution in [0, 0.1) is 0 Å². The summed E-state index contributed by atoms with van der Waals surface area (Å²) in [6.45, 7) is 2.56. The van der Waals surface area contributed by atoms with Crippen LogP contribution in [-0.4, -0.2) is 50.9 Å². The molecule has 3 N–H and O–H groups in total. The molecule has 0 radical (unpaired) electrons. The molecule has 0 aliphatic rings. The van der Waals surface area contributed by atoms with Crippen molar-refractivity contribution in [3.05, 3.63) is 59.8 Å². The van der Waals surface area contributed by atoms with Gasteiger partial charge < -0.3 is 29.8 Å². The lowest BCUT2D eigenvalue weighted by Gasteiger charge is -2.22. The minimum atomic E-state index is -0.530. The highest BCUT2D eigenvalue weighted by Gasteiger charge is 2.24. The normalized spacial score (nSPS) is 11.6. The topological polar surface area (TPSA) is 102 Å². The van der Waals surface area contributed by atoms with E-state index >= 15 is 0 Å². The minimum absolute atomic E-state index is 0.147. The number of hydrogen-bond acceptors (Lipinski definition) is 5. The Bertz CT molecular complexity index is 1060. The molecule has 1 heterocycles. The first-order valence-electron chi connectivity index (χ1n) is 10.5. The van der Waals surface area contributed by atoms with Crippen molar-refractivity contribution in [3.63, 3.8) is 0 Å². The second-order valence-electron chi connectivity index (χ2n) is 7.13. The second kappa shape index (κ2) is 11.1. The van der Waals surface area contributed by atoms with Crippen LogP contribution in [0.5, 0.6) is 11.5 Å². The number of hydrogen-bond donors (Lipinski definition) is 3. The number of aromatic nitrogens is 1. The number of ether oxygens (including phenoxy) is 3. The second-order valence-corrected chi connectivity index (χ2v) is 7.13. The number of fused-ring (bicyclic) bond motifs is 1. The van der Waals surface area contributed by atoms with Gasteiger partial charge in [0, 0.05) is 48.1 Å². The van der Waals surface area contributed by atoms with Gasteiger partial charge in [0.1, 0.15) is 0 Å². The monoisotopic (exact) mass is 439 g/mol. The number of amides is 2. The van der Waals surface area contributed by atoms with E-state index in [1.165, 1.54) is 0 Å². The lowest BCUT2D eigenvalue weighted by molar-refractivity contribution is -0.120. The quantitative estimate of drug-likeness (QED) is 0.448. The van der Waals surface area contributed by atoms with Crippen LogP contribution in [0.2, 0.25) is 0 Å². The summed E-state index contributed by atoms with van der Waals surface area (Å²) in [7, 11) is 3.20. The molecule has 0 saturated heterocycles. The fourth-order valence-corrected chi connectivity index (χ4v) is 3.72. The molecule has 0 spiro atoms. The van der Waals surface area contributed by atoms with Gasteiger partial charge in [-0.25, -0.2) is 4.79 Å². The summed E-state index contributed by atoms with van der Waals surface area (Å²) in [4.78, 5) is 27.2. The summed E-state index contributed by atoms with van der Waals surface area (Å²) < 4.78 is 16.0. The van der Waals surface area contributed by atoms with Crippen molar-refractivity contribution < 1.29 is 23.8 Å².